The largest absolute Gasteiger partial charge is 0.573 e. The zero-order chi connectivity index (χ0) is 15.6. The summed E-state index contributed by atoms with van der Waals surface area (Å²) in [5.74, 6) is -1.08. The minimum absolute atomic E-state index is 0.102. The predicted molar refractivity (Wildman–Crippen MR) is 60.8 cm³/mol. The molecule has 0 saturated carbocycles. The number of sulfonamides is 1. The van der Waals surface area contributed by atoms with E-state index >= 15 is 0 Å². The van der Waals surface area contributed by atoms with Crippen LogP contribution in [0.3, 0.4) is 0 Å². The lowest BCUT2D eigenvalue weighted by Crippen LogP contribution is -2.36. The van der Waals surface area contributed by atoms with E-state index in [0.29, 0.717) is 5.54 Å². The number of urea groups is 1. The summed E-state index contributed by atoms with van der Waals surface area (Å²) in [7, 11) is -4.74. The second-order valence-electron chi connectivity index (χ2n) is 3.17. The molecule has 1 aromatic rings. The molecule has 112 valence electrons. The Labute approximate surface area is 118 Å². The topological polar surface area (TPSA) is 84.5 Å². The van der Waals surface area contributed by atoms with Gasteiger partial charge in [-0.1, -0.05) is 20.4 Å². The molecule has 2 N–H and O–H groups in total. The first-order chi connectivity index (χ1) is 9.05. The number of amides is 2. The Morgan fingerprint density at radius 2 is 1.90 bits per heavy atom. The molecular formula is C8H5BrF4N2O4S. The Hall–Kier alpha value is -1.56. The van der Waals surface area contributed by atoms with Gasteiger partial charge in [0, 0.05) is 4.47 Å². The molecule has 6 nitrogen and oxygen atoms in total. The first-order valence-electron chi connectivity index (χ1n) is 4.54. The van der Waals surface area contributed by atoms with Crippen molar-refractivity contribution in [3.05, 3.63) is 22.7 Å². The maximum atomic E-state index is 12.2. The van der Waals surface area contributed by atoms with Gasteiger partial charge in [-0.2, -0.15) is 5.54 Å². The maximum absolute atomic E-state index is 12.2. The van der Waals surface area contributed by atoms with Crippen molar-refractivity contribution in [2.75, 3.05) is 0 Å². The van der Waals surface area contributed by atoms with Crippen LogP contribution in [0.5, 0.6) is 5.75 Å². The van der Waals surface area contributed by atoms with Crippen LogP contribution in [-0.2, 0) is 10.0 Å². The summed E-state index contributed by atoms with van der Waals surface area (Å²) in [6, 6.07) is 0.824. The van der Waals surface area contributed by atoms with E-state index in [1.165, 1.54) is 0 Å². The summed E-state index contributed by atoms with van der Waals surface area (Å²) in [6.45, 7) is 0. The van der Waals surface area contributed by atoms with Crippen LogP contribution in [0, 0.1) is 0 Å². The summed E-state index contributed by atoms with van der Waals surface area (Å²) in [5.41, 5.74) is 0.468. The van der Waals surface area contributed by atoms with Crippen molar-refractivity contribution in [2.45, 2.75) is 11.3 Å². The molecular weight excluding hydrogens is 376 g/mol. The van der Waals surface area contributed by atoms with E-state index in [1.807, 2.05) is 0 Å². The van der Waals surface area contributed by atoms with Crippen molar-refractivity contribution in [2.24, 2.45) is 0 Å². The van der Waals surface area contributed by atoms with Gasteiger partial charge in [0.2, 0.25) is 0 Å². The molecule has 0 unspecified atom stereocenters. The van der Waals surface area contributed by atoms with Crippen molar-refractivity contribution in [1.29, 1.82) is 0 Å². The number of nitrogens with one attached hydrogen (secondary N) is 2. The van der Waals surface area contributed by atoms with E-state index in [-0.39, 0.29) is 4.47 Å². The molecule has 0 aromatic heterocycles. The van der Waals surface area contributed by atoms with Crippen LogP contribution in [-0.4, -0.2) is 20.8 Å². The first-order valence-corrected chi connectivity index (χ1v) is 6.81. The predicted octanol–water partition coefficient (Wildman–Crippen LogP) is 2.22. The second-order valence-corrected chi connectivity index (χ2v) is 5.73. The highest BCUT2D eigenvalue weighted by Crippen LogP contribution is 2.32. The van der Waals surface area contributed by atoms with Gasteiger partial charge in [0.25, 0.3) is 10.0 Å². The fraction of sp³-hybridized carbons (Fsp3) is 0.125. The van der Waals surface area contributed by atoms with E-state index in [9.17, 15) is 30.9 Å². The van der Waals surface area contributed by atoms with Crippen LogP contribution >= 0.6 is 15.9 Å². The smallest absolute Gasteiger partial charge is 0.404 e. The number of halogens is 5. The maximum Gasteiger partial charge on any atom is 0.573 e. The van der Waals surface area contributed by atoms with E-state index in [1.54, 1.807) is 0 Å². The van der Waals surface area contributed by atoms with Gasteiger partial charge in [0.15, 0.2) is 5.75 Å². The molecule has 0 bridgehead atoms. The van der Waals surface area contributed by atoms with Crippen LogP contribution in [0.4, 0.5) is 22.4 Å². The fourth-order valence-electron chi connectivity index (χ4n) is 1.10. The molecule has 1 aromatic carbocycles. The average Bonchev–Trinajstić information content (AvgIpc) is 2.25. The summed E-state index contributed by atoms with van der Waals surface area (Å²) < 4.78 is 76.3. The third-order valence-electron chi connectivity index (χ3n) is 1.73. The van der Waals surface area contributed by atoms with Gasteiger partial charge in [0.1, 0.15) is 4.90 Å². The fourth-order valence-corrected chi connectivity index (χ4v) is 2.45. The highest BCUT2D eigenvalue weighted by molar-refractivity contribution is 9.10. The number of rotatable bonds is 3. The molecule has 20 heavy (non-hydrogen) atoms. The number of carbonyl (C=O) groups is 1. The van der Waals surface area contributed by atoms with Gasteiger partial charge in [-0.05, 0) is 18.2 Å². The molecule has 0 saturated heterocycles. The number of benzene rings is 1. The van der Waals surface area contributed by atoms with Gasteiger partial charge in [-0.25, -0.2) is 17.9 Å². The normalized spacial score (nSPS) is 11.8. The molecule has 0 spiro atoms. The van der Waals surface area contributed by atoms with Crippen molar-refractivity contribution >= 4 is 32.0 Å². The number of alkyl halides is 3. The summed E-state index contributed by atoms with van der Waals surface area (Å²) in [6.07, 6.45) is -5.15. The first kappa shape index (κ1) is 16.5. The lowest BCUT2D eigenvalue weighted by atomic mass is 10.3. The Morgan fingerprint density at radius 1 is 1.30 bits per heavy atom. The Kier molecular flexibility index (Phi) is 4.81. The Bertz CT molecular complexity index is 619. The van der Waals surface area contributed by atoms with Crippen molar-refractivity contribution in [3.63, 3.8) is 0 Å². The van der Waals surface area contributed by atoms with Gasteiger partial charge >= 0.3 is 12.4 Å². The minimum Gasteiger partial charge on any atom is -0.404 e. The molecule has 0 aliphatic rings. The summed E-state index contributed by atoms with van der Waals surface area (Å²) >= 11 is 2.83. The second kappa shape index (κ2) is 5.83. The number of carbonyl (C=O) groups excluding carboxylic acids is 1. The van der Waals surface area contributed by atoms with Gasteiger partial charge in [-0.15, -0.1) is 13.2 Å². The van der Waals surface area contributed by atoms with Crippen LogP contribution in [0.2, 0.25) is 0 Å². The van der Waals surface area contributed by atoms with Gasteiger partial charge in [0.05, 0.1) is 0 Å². The van der Waals surface area contributed by atoms with E-state index < -0.39 is 33.1 Å². The SMILES string of the molecule is O=C(NF)NS(=O)(=O)c1ccc(Br)cc1OC(F)(F)F. The molecule has 0 aliphatic heterocycles. The van der Waals surface area contributed by atoms with Crippen molar-refractivity contribution in [1.82, 2.24) is 10.3 Å². The summed E-state index contributed by atoms with van der Waals surface area (Å²) in [4.78, 5) is 9.63. The third kappa shape index (κ3) is 4.52. The molecule has 0 radical (unpaired) electrons. The lowest BCUT2D eigenvalue weighted by Gasteiger charge is -2.14. The number of ether oxygens (including phenoxy) is 1. The monoisotopic (exact) mass is 380 g/mol. The molecule has 0 fully saturated rings. The van der Waals surface area contributed by atoms with Crippen LogP contribution in [0.25, 0.3) is 0 Å². The Balaban J connectivity index is 3.27. The average molecular weight is 381 g/mol. The molecule has 0 heterocycles. The van der Waals surface area contributed by atoms with Crippen molar-refractivity contribution in [3.8, 4) is 5.75 Å². The number of hydrogen-bond donors (Lipinski definition) is 2. The quantitative estimate of drug-likeness (QED) is 0.621. The highest BCUT2D eigenvalue weighted by Gasteiger charge is 2.34. The van der Waals surface area contributed by atoms with E-state index in [0.717, 1.165) is 22.9 Å². The number of hydrogen-bond acceptors (Lipinski definition) is 4. The molecule has 0 atom stereocenters. The van der Waals surface area contributed by atoms with E-state index in [4.69, 9.17) is 0 Å². The third-order valence-corrected chi connectivity index (χ3v) is 3.60. The lowest BCUT2D eigenvalue weighted by molar-refractivity contribution is -0.275. The minimum atomic E-state index is -5.15. The zero-order valence-corrected chi connectivity index (χ0v) is 11.6. The molecule has 1 rings (SSSR count). The van der Waals surface area contributed by atoms with Crippen molar-refractivity contribution < 1.29 is 35.6 Å². The van der Waals surface area contributed by atoms with Crippen LogP contribution in [0.1, 0.15) is 0 Å². The molecule has 0 aliphatic carbocycles. The van der Waals surface area contributed by atoms with E-state index in [2.05, 4.69) is 20.7 Å². The van der Waals surface area contributed by atoms with Gasteiger partial charge in [-0.3, -0.25) is 0 Å². The molecule has 2 amide bonds. The van der Waals surface area contributed by atoms with Crippen LogP contribution in [0.15, 0.2) is 27.6 Å². The standard InChI is InChI=1S/C8H5BrF4N2O4S/c9-4-1-2-6(5(3-4)19-8(10,11)12)20(17,18)15-7(16)14-13/h1-3H,(H2,14,15,16). The summed E-state index contributed by atoms with van der Waals surface area (Å²) in [5, 5.41) is 0. The van der Waals surface area contributed by atoms with Gasteiger partial charge < -0.3 is 4.74 Å². The Morgan fingerprint density at radius 3 is 2.40 bits per heavy atom. The molecule has 12 heteroatoms. The van der Waals surface area contributed by atoms with Crippen LogP contribution < -0.4 is 15.0 Å². The highest BCUT2D eigenvalue weighted by atomic mass is 79.9. The zero-order valence-electron chi connectivity index (χ0n) is 9.16.